The minimum Gasteiger partial charge on any atom is -0.468 e. The summed E-state index contributed by atoms with van der Waals surface area (Å²) in [5, 5.41) is 1.04. The Bertz CT molecular complexity index is 382. The van der Waals surface area contributed by atoms with Gasteiger partial charge < -0.3 is 4.74 Å². The lowest BCUT2D eigenvalue weighted by molar-refractivity contribution is -0.139. The molecule has 0 aliphatic rings. The molecule has 0 radical (unpaired) electrons. The van der Waals surface area contributed by atoms with Crippen LogP contribution in [0.1, 0.15) is 12.5 Å². The van der Waals surface area contributed by atoms with Gasteiger partial charge in [0.1, 0.15) is 0 Å². The van der Waals surface area contributed by atoms with Gasteiger partial charge in [-0.25, -0.2) is 0 Å². The summed E-state index contributed by atoms with van der Waals surface area (Å²) in [5.41, 5.74) is 0.965. The van der Waals surface area contributed by atoms with Crippen LogP contribution in [0.4, 0.5) is 0 Å². The second kappa shape index (κ2) is 6.38. The lowest BCUT2D eigenvalue weighted by atomic mass is 10.2. The molecule has 1 unspecified atom stereocenters. The Morgan fingerprint density at radius 1 is 1.50 bits per heavy atom. The number of rotatable bonds is 4. The van der Waals surface area contributed by atoms with Gasteiger partial charge in [0.15, 0.2) is 0 Å². The van der Waals surface area contributed by atoms with Crippen molar-refractivity contribution in [3.63, 3.8) is 0 Å². The summed E-state index contributed by atoms with van der Waals surface area (Å²) in [4.78, 5) is 11.2. The summed E-state index contributed by atoms with van der Waals surface area (Å²) in [5.74, 6) is 0.432. The molecular weight excluding hydrogens is 267 g/mol. The number of hydrogen-bond donors (Lipinski definition) is 0. The van der Waals surface area contributed by atoms with E-state index in [0.29, 0.717) is 15.8 Å². The van der Waals surface area contributed by atoms with Crippen molar-refractivity contribution in [1.29, 1.82) is 0 Å². The molecule has 0 bridgehead atoms. The Kier molecular flexibility index (Phi) is 5.46. The molecule has 0 aliphatic carbocycles. The van der Waals surface area contributed by atoms with Crippen LogP contribution in [0.5, 0.6) is 0 Å². The minimum absolute atomic E-state index is 0.197. The third-order valence-electron chi connectivity index (χ3n) is 2.04. The van der Waals surface area contributed by atoms with Gasteiger partial charge in [0.05, 0.1) is 12.4 Å². The largest absolute Gasteiger partial charge is 0.468 e. The lowest BCUT2D eigenvalue weighted by Crippen LogP contribution is -2.14. The molecule has 0 spiro atoms. The van der Waals surface area contributed by atoms with Gasteiger partial charge in [-0.05, 0) is 24.6 Å². The number of benzene rings is 1. The topological polar surface area (TPSA) is 26.3 Å². The molecule has 1 aromatic rings. The van der Waals surface area contributed by atoms with E-state index in [4.69, 9.17) is 23.2 Å². The molecule has 2 nitrogen and oxygen atoms in total. The summed E-state index contributed by atoms with van der Waals surface area (Å²) >= 11 is 13.3. The fourth-order valence-corrected chi connectivity index (χ4v) is 2.56. The van der Waals surface area contributed by atoms with Crippen molar-refractivity contribution in [2.45, 2.75) is 17.9 Å². The molecule has 0 saturated heterocycles. The lowest BCUT2D eigenvalue weighted by Gasteiger charge is -2.09. The second-order valence-corrected chi connectivity index (χ2v) is 5.38. The molecule has 0 saturated carbocycles. The highest BCUT2D eigenvalue weighted by Crippen LogP contribution is 2.26. The molecule has 1 atom stereocenters. The Balaban J connectivity index is 2.58. The smallest absolute Gasteiger partial charge is 0.318 e. The molecule has 0 fully saturated rings. The van der Waals surface area contributed by atoms with E-state index in [0.717, 1.165) is 5.56 Å². The van der Waals surface area contributed by atoms with E-state index in [-0.39, 0.29) is 11.2 Å². The van der Waals surface area contributed by atoms with E-state index in [1.807, 2.05) is 6.07 Å². The van der Waals surface area contributed by atoms with Crippen LogP contribution in [-0.4, -0.2) is 18.3 Å². The van der Waals surface area contributed by atoms with Crippen LogP contribution < -0.4 is 0 Å². The molecule has 88 valence electrons. The predicted octanol–water partition coefficient (Wildman–Crippen LogP) is 3.79. The maximum Gasteiger partial charge on any atom is 0.318 e. The maximum atomic E-state index is 11.2. The molecule has 0 amide bonds. The monoisotopic (exact) mass is 278 g/mol. The van der Waals surface area contributed by atoms with Crippen molar-refractivity contribution in [1.82, 2.24) is 0 Å². The van der Waals surface area contributed by atoms with Gasteiger partial charge in [-0.3, -0.25) is 4.79 Å². The van der Waals surface area contributed by atoms with Gasteiger partial charge in [0.2, 0.25) is 0 Å². The van der Waals surface area contributed by atoms with Crippen LogP contribution in [0.3, 0.4) is 0 Å². The fraction of sp³-hybridized carbons (Fsp3) is 0.364. The Labute approximate surface area is 109 Å². The number of halogens is 2. The number of thioether (sulfide) groups is 1. The third-order valence-corrected chi connectivity index (χ3v) is 3.79. The van der Waals surface area contributed by atoms with Gasteiger partial charge >= 0.3 is 5.97 Å². The Morgan fingerprint density at radius 2 is 2.19 bits per heavy atom. The number of carbonyl (C=O) groups excluding carboxylic acids is 1. The van der Waals surface area contributed by atoms with Crippen LogP contribution in [0.15, 0.2) is 18.2 Å². The second-order valence-electron chi connectivity index (χ2n) is 3.21. The van der Waals surface area contributed by atoms with Gasteiger partial charge in [0, 0.05) is 15.8 Å². The molecule has 0 aliphatic heterocycles. The highest BCUT2D eigenvalue weighted by Gasteiger charge is 2.14. The van der Waals surface area contributed by atoms with Crippen molar-refractivity contribution in [2.24, 2.45) is 0 Å². The quantitative estimate of drug-likeness (QED) is 0.784. The summed E-state index contributed by atoms with van der Waals surface area (Å²) in [6, 6.07) is 5.34. The standard InChI is InChI=1S/C11H12Cl2O2S/c1-7(11(14)15-2)16-6-8-3-4-9(12)5-10(8)13/h3-5,7H,6H2,1-2H3. The zero-order valence-corrected chi connectivity index (χ0v) is 11.3. The molecule has 0 N–H and O–H groups in total. The Hall–Kier alpha value is -0.380. The number of carbonyl (C=O) groups is 1. The molecule has 0 aromatic heterocycles. The van der Waals surface area contributed by atoms with E-state index in [1.54, 1.807) is 19.1 Å². The van der Waals surface area contributed by atoms with Gasteiger partial charge in [0.25, 0.3) is 0 Å². The molecule has 16 heavy (non-hydrogen) atoms. The first-order valence-corrected chi connectivity index (χ1v) is 6.48. The average Bonchev–Trinajstić information content (AvgIpc) is 2.26. The van der Waals surface area contributed by atoms with Crippen molar-refractivity contribution in [2.75, 3.05) is 7.11 Å². The number of hydrogen-bond acceptors (Lipinski definition) is 3. The van der Waals surface area contributed by atoms with Crippen molar-refractivity contribution in [3.05, 3.63) is 33.8 Å². The van der Waals surface area contributed by atoms with Crippen LogP contribution in [0, 0.1) is 0 Å². The molecule has 1 rings (SSSR count). The van der Waals surface area contributed by atoms with E-state index in [9.17, 15) is 4.79 Å². The van der Waals surface area contributed by atoms with E-state index in [2.05, 4.69) is 4.74 Å². The fourth-order valence-electron chi connectivity index (χ4n) is 1.09. The van der Waals surface area contributed by atoms with Gasteiger partial charge in [-0.15, -0.1) is 11.8 Å². The zero-order valence-electron chi connectivity index (χ0n) is 9.00. The van der Waals surface area contributed by atoms with E-state index in [1.165, 1.54) is 18.9 Å². The number of methoxy groups -OCH3 is 1. The first-order valence-electron chi connectivity index (χ1n) is 4.68. The summed E-state index contributed by atoms with van der Waals surface area (Å²) in [6.07, 6.45) is 0. The molecular formula is C11H12Cl2O2S. The first kappa shape index (κ1) is 13.7. The number of esters is 1. The van der Waals surface area contributed by atoms with Gasteiger partial charge in [-0.1, -0.05) is 29.3 Å². The molecule has 5 heteroatoms. The number of ether oxygens (including phenoxy) is 1. The molecule has 1 aromatic carbocycles. The summed E-state index contributed by atoms with van der Waals surface area (Å²) in [6.45, 7) is 1.81. The minimum atomic E-state index is -0.227. The van der Waals surface area contributed by atoms with Crippen molar-refractivity contribution >= 4 is 40.9 Å². The Morgan fingerprint density at radius 3 is 2.75 bits per heavy atom. The zero-order chi connectivity index (χ0) is 12.1. The average molecular weight is 279 g/mol. The third kappa shape index (κ3) is 3.89. The van der Waals surface area contributed by atoms with Crippen LogP contribution in [0.2, 0.25) is 10.0 Å². The van der Waals surface area contributed by atoms with Crippen molar-refractivity contribution < 1.29 is 9.53 Å². The normalized spacial score (nSPS) is 12.2. The van der Waals surface area contributed by atoms with E-state index >= 15 is 0 Å². The van der Waals surface area contributed by atoms with E-state index < -0.39 is 0 Å². The first-order chi connectivity index (χ1) is 7.54. The summed E-state index contributed by atoms with van der Waals surface area (Å²) in [7, 11) is 1.38. The predicted molar refractivity (Wildman–Crippen MR) is 69.2 cm³/mol. The molecule has 0 heterocycles. The maximum absolute atomic E-state index is 11.2. The SMILES string of the molecule is COC(=O)C(C)SCc1ccc(Cl)cc1Cl. The highest BCUT2D eigenvalue weighted by molar-refractivity contribution is 7.99. The van der Waals surface area contributed by atoms with Gasteiger partial charge in [-0.2, -0.15) is 0 Å². The summed E-state index contributed by atoms with van der Waals surface area (Å²) < 4.78 is 4.64. The highest BCUT2D eigenvalue weighted by atomic mass is 35.5. The van der Waals surface area contributed by atoms with Crippen LogP contribution >= 0.6 is 35.0 Å². The van der Waals surface area contributed by atoms with Crippen molar-refractivity contribution in [3.8, 4) is 0 Å². The van der Waals surface area contributed by atoms with Crippen LogP contribution in [-0.2, 0) is 15.3 Å². The van der Waals surface area contributed by atoms with Crippen LogP contribution in [0.25, 0.3) is 0 Å².